The molecular formula is C24H31FN6. The number of piperidine rings is 1. The summed E-state index contributed by atoms with van der Waals surface area (Å²) in [4.78, 5) is 14.0. The fourth-order valence-electron chi connectivity index (χ4n) is 4.37. The highest BCUT2D eigenvalue weighted by Crippen LogP contribution is 2.37. The molecule has 0 N–H and O–H groups in total. The van der Waals surface area contributed by atoms with E-state index in [2.05, 4.69) is 28.8 Å². The quantitative estimate of drug-likeness (QED) is 0.581. The Morgan fingerprint density at radius 2 is 1.90 bits per heavy atom. The molecule has 1 aromatic carbocycles. The van der Waals surface area contributed by atoms with E-state index in [0.717, 1.165) is 42.9 Å². The molecule has 0 spiro atoms. The molecule has 164 valence electrons. The van der Waals surface area contributed by atoms with Crippen molar-refractivity contribution in [1.82, 2.24) is 24.6 Å². The molecule has 0 bridgehead atoms. The average molecular weight is 423 g/mol. The van der Waals surface area contributed by atoms with Crippen molar-refractivity contribution in [3.8, 4) is 11.1 Å². The first-order chi connectivity index (χ1) is 15.0. The lowest BCUT2D eigenvalue weighted by Gasteiger charge is -2.36. The van der Waals surface area contributed by atoms with E-state index in [1.807, 2.05) is 48.2 Å². The van der Waals surface area contributed by atoms with Crippen LogP contribution >= 0.6 is 0 Å². The third-order valence-corrected chi connectivity index (χ3v) is 6.17. The Labute approximate surface area is 183 Å². The van der Waals surface area contributed by atoms with Crippen molar-refractivity contribution in [1.29, 1.82) is 0 Å². The molecule has 0 amide bonds. The lowest BCUT2D eigenvalue weighted by Crippen LogP contribution is -2.34. The van der Waals surface area contributed by atoms with E-state index >= 15 is 0 Å². The summed E-state index contributed by atoms with van der Waals surface area (Å²) in [6.07, 6.45) is 7.27. The van der Waals surface area contributed by atoms with Crippen molar-refractivity contribution in [2.24, 2.45) is 0 Å². The van der Waals surface area contributed by atoms with Crippen LogP contribution in [0.2, 0.25) is 0 Å². The van der Waals surface area contributed by atoms with Crippen LogP contribution in [0.25, 0.3) is 11.1 Å². The molecule has 0 saturated carbocycles. The molecule has 3 heterocycles. The molecule has 3 aromatic rings. The Bertz CT molecular complexity index is 1030. The van der Waals surface area contributed by atoms with Crippen LogP contribution < -0.4 is 4.90 Å². The van der Waals surface area contributed by atoms with Gasteiger partial charge in [-0.05, 0) is 50.9 Å². The summed E-state index contributed by atoms with van der Waals surface area (Å²) in [5, 5.41) is 4.53. The van der Waals surface area contributed by atoms with Crippen LogP contribution in [-0.2, 0) is 13.1 Å². The molecule has 1 saturated heterocycles. The standard InChI is InChI=1S/C24H31FN6/c1-5-31-17(2)19(14-27-31)16-30-13-7-6-8-22(30)23-21(15-26-24(28-23)29(3)4)18-9-11-20(25)12-10-18/h9-12,14-15,22H,5-8,13,16H2,1-4H3/t22-/m1/s1. The fourth-order valence-corrected chi connectivity index (χ4v) is 4.37. The second-order valence-electron chi connectivity index (χ2n) is 8.42. The number of rotatable bonds is 6. The summed E-state index contributed by atoms with van der Waals surface area (Å²) >= 11 is 0. The molecule has 2 aromatic heterocycles. The first kappa shape index (κ1) is 21.4. The van der Waals surface area contributed by atoms with Gasteiger partial charge >= 0.3 is 0 Å². The van der Waals surface area contributed by atoms with Crippen LogP contribution in [0, 0.1) is 12.7 Å². The lowest BCUT2D eigenvalue weighted by atomic mass is 9.93. The van der Waals surface area contributed by atoms with E-state index in [0.29, 0.717) is 5.95 Å². The highest BCUT2D eigenvalue weighted by atomic mass is 19.1. The monoisotopic (exact) mass is 422 g/mol. The molecule has 31 heavy (non-hydrogen) atoms. The van der Waals surface area contributed by atoms with Gasteiger partial charge in [-0.3, -0.25) is 9.58 Å². The molecule has 1 aliphatic rings. The highest BCUT2D eigenvalue weighted by Gasteiger charge is 2.29. The van der Waals surface area contributed by atoms with Gasteiger partial charge in [0.25, 0.3) is 0 Å². The molecule has 6 nitrogen and oxygen atoms in total. The molecular weight excluding hydrogens is 391 g/mol. The number of aromatic nitrogens is 4. The van der Waals surface area contributed by atoms with Gasteiger partial charge in [-0.25, -0.2) is 14.4 Å². The van der Waals surface area contributed by atoms with Gasteiger partial charge in [0, 0.05) is 50.2 Å². The number of nitrogens with zero attached hydrogens (tertiary/aromatic N) is 6. The van der Waals surface area contributed by atoms with Crippen LogP contribution in [0.3, 0.4) is 0 Å². The predicted octanol–water partition coefficient (Wildman–Crippen LogP) is 4.60. The second-order valence-corrected chi connectivity index (χ2v) is 8.42. The number of aryl methyl sites for hydroxylation is 1. The average Bonchev–Trinajstić information content (AvgIpc) is 3.13. The van der Waals surface area contributed by atoms with Crippen molar-refractivity contribution in [3.63, 3.8) is 0 Å². The van der Waals surface area contributed by atoms with Gasteiger partial charge in [0.15, 0.2) is 0 Å². The first-order valence-electron chi connectivity index (χ1n) is 11.0. The minimum Gasteiger partial charge on any atom is -0.347 e. The summed E-state index contributed by atoms with van der Waals surface area (Å²) < 4.78 is 15.6. The van der Waals surface area contributed by atoms with Crippen LogP contribution in [0.5, 0.6) is 0 Å². The van der Waals surface area contributed by atoms with Crippen molar-refractivity contribution in [3.05, 3.63) is 59.4 Å². The third kappa shape index (κ3) is 4.46. The SMILES string of the molecule is CCn1ncc(CN2CCCC[C@@H]2c2nc(N(C)C)ncc2-c2ccc(F)cc2)c1C. The second kappa shape index (κ2) is 9.14. The van der Waals surface area contributed by atoms with Crippen molar-refractivity contribution >= 4 is 5.95 Å². The summed E-state index contributed by atoms with van der Waals surface area (Å²) in [6.45, 7) is 7.00. The molecule has 1 atom stereocenters. The van der Waals surface area contributed by atoms with Crippen LogP contribution in [0.1, 0.15) is 49.2 Å². The lowest BCUT2D eigenvalue weighted by molar-refractivity contribution is 0.137. The van der Waals surface area contributed by atoms with Gasteiger partial charge in [0.05, 0.1) is 17.9 Å². The number of likely N-dealkylation sites (tertiary alicyclic amines) is 1. The summed E-state index contributed by atoms with van der Waals surface area (Å²) in [6, 6.07) is 6.81. The zero-order valence-corrected chi connectivity index (χ0v) is 18.8. The van der Waals surface area contributed by atoms with Crippen LogP contribution in [0.15, 0.2) is 36.7 Å². The van der Waals surface area contributed by atoms with E-state index in [9.17, 15) is 4.39 Å². The Morgan fingerprint density at radius 3 is 2.58 bits per heavy atom. The predicted molar refractivity (Wildman–Crippen MR) is 121 cm³/mol. The van der Waals surface area contributed by atoms with Crippen LogP contribution in [0.4, 0.5) is 10.3 Å². The van der Waals surface area contributed by atoms with Gasteiger partial charge in [-0.2, -0.15) is 5.10 Å². The summed E-state index contributed by atoms with van der Waals surface area (Å²) in [7, 11) is 3.91. The Hall–Kier alpha value is -2.80. The minimum atomic E-state index is -0.237. The molecule has 0 aliphatic carbocycles. The van der Waals surface area contributed by atoms with Crippen molar-refractivity contribution < 1.29 is 4.39 Å². The topological polar surface area (TPSA) is 50.1 Å². The minimum absolute atomic E-state index is 0.180. The summed E-state index contributed by atoms with van der Waals surface area (Å²) in [5.41, 5.74) is 5.43. The fraction of sp³-hybridized carbons (Fsp3) is 0.458. The zero-order valence-electron chi connectivity index (χ0n) is 18.8. The number of benzene rings is 1. The van der Waals surface area contributed by atoms with Crippen LogP contribution in [-0.4, -0.2) is 45.3 Å². The Morgan fingerprint density at radius 1 is 1.13 bits per heavy atom. The maximum absolute atomic E-state index is 13.5. The maximum Gasteiger partial charge on any atom is 0.225 e. The number of hydrogen-bond donors (Lipinski definition) is 0. The zero-order chi connectivity index (χ0) is 22.0. The molecule has 4 rings (SSSR count). The van der Waals surface area contributed by atoms with Gasteiger partial charge in [-0.1, -0.05) is 18.6 Å². The third-order valence-electron chi connectivity index (χ3n) is 6.17. The van der Waals surface area contributed by atoms with Gasteiger partial charge in [-0.15, -0.1) is 0 Å². The number of hydrogen-bond acceptors (Lipinski definition) is 5. The van der Waals surface area contributed by atoms with E-state index < -0.39 is 0 Å². The largest absolute Gasteiger partial charge is 0.347 e. The van der Waals surface area contributed by atoms with E-state index in [1.165, 1.54) is 36.2 Å². The summed E-state index contributed by atoms with van der Waals surface area (Å²) in [5.74, 6) is 0.459. The van der Waals surface area contributed by atoms with Crippen molar-refractivity contribution in [2.45, 2.75) is 52.2 Å². The smallest absolute Gasteiger partial charge is 0.225 e. The van der Waals surface area contributed by atoms with Gasteiger partial charge in [0.1, 0.15) is 5.82 Å². The number of halogens is 1. The molecule has 0 radical (unpaired) electrons. The van der Waals surface area contributed by atoms with E-state index in [1.54, 1.807) is 0 Å². The van der Waals surface area contributed by atoms with Gasteiger partial charge in [0.2, 0.25) is 5.95 Å². The maximum atomic E-state index is 13.5. The Balaban J connectivity index is 1.74. The number of anilines is 1. The highest BCUT2D eigenvalue weighted by molar-refractivity contribution is 5.66. The normalized spacial score (nSPS) is 17.1. The first-order valence-corrected chi connectivity index (χ1v) is 11.0. The van der Waals surface area contributed by atoms with E-state index in [-0.39, 0.29) is 11.9 Å². The van der Waals surface area contributed by atoms with E-state index in [4.69, 9.17) is 4.98 Å². The molecule has 1 aliphatic heterocycles. The Kier molecular flexibility index (Phi) is 6.32. The molecule has 1 fully saturated rings. The van der Waals surface area contributed by atoms with Crippen molar-refractivity contribution in [2.75, 3.05) is 25.5 Å². The molecule has 7 heteroatoms. The molecule has 0 unspecified atom stereocenters. The van der Waals surface area contributed by atoms with Gasteiger partial charge < -0.3 is 4.90 Å².